The Labute approximate surface area is 179 Å². The third-order valence-corrected chi connectivity index (χ3v) is 6.28. The summed E-state index contributed by atoms with van der Waals surface area (Å²) in [5.74, 6) is 0.135. The summed E-state index contributed by atoms with van der Waals surface area (Å²) in [6.07, 6.45) is 5.51. The molecule has 2 aromatic rings. The first-order valence-electron chi connectivity index (χ1n) is 10.7. The van der Waals surface area contributed by atoms with Crippen molar-refractivity contribution in [2.45, 2.75) is 25.9 Å². The van der Waals surface area contributed by atoms with Gasteiger partial charge in [0.25, 0.3) is 0 Å². The molecule has 2 aliphatic heterocycles. The standard InChI is InChI=1S/C23H28BFN4O/c24-22-15-21(25)2-1-20(22)17-28-11-13-29(14-12-28)23(30)19-5-9-27(10-6-19)16-18-3-7-26-8-4-18/h1-4,7-8,15,19H,5-6,9-14,16-17H2. The van der Waals surface area contributed by atoms with Crippen molar-refractivity contribution < 1.29 is 9.18 Å². The highest BCUT2D eigenvalue weighted by molar-refractivity contribution is 6.33. The Morgan fingerprint density at radius 1 is 0.967 bits per heavy atom. The monoisotopic (exact) mass is 406 g/mol. The molecule has 1 aromatic heterocycles. The second kappa shape index (κ2) is 9.71. The van der Waals surface area contributed by atoms with Crippen molar-refractivity contribution in [3.63, 3.8) is 0 Å². The second-order valence-corrected chi connectivity index (χ2v) is 8.35. The minimum Gasteiger partial charge on any atom is -0.340 e. The number of carbonyl (C=O) groups is 1. The van der Waals surface area contributed by atoms with Crippen LogP contribution in [0.15, 0.2) is 42.7 Å². The minimum atomic E-state index is -0.307. The number of aromatic nitrogens is 1. The summed E-state index contributed by atoms with van der Waals surface area (Å²) in [6.45, 7) is 6.68. The Morgan fingerprint density at radius 3 is 2.30 bits per heavy atom. The quantitative estimate of drug-likeness (QED) is 0.707. The molecule has 0 aliphatic carbocycles. The molecule has 5 nitrogen and oxygen atoms in total. The molecule has 0 spiro atoms. The Hall–Kier alpha value is -2.25. The summed E-state index contributed by atoms with van der Waals surface area (Å²) in [5.41, 5.74) is 2.71. The van der Waals surface area contributed by atoms with E-state index in [4.69, 9.17) is 7.85 Å². The number of piperazine rings is 1. The van der Waals surface area contributed by atoms with E-state index in [-0.39, 0.29) is 11.7 Å². The van der Waals surface area contributed by atoms with Gasteiger partial charge in [0.1, 0.15) is 13.7 Å². The normalized spacial score (nSPS) is 19.2. The summed E-state index contributed by atoms with van der Waals surface area (Å²) in [4.78, 5) is 23.8. The summed E-state index contributed by atoms with van der Waals surface area (Å²) in [7, 11) is 5.93. The van der Waals surface area contributed by atoms with Gasteiger partial charge in [-0.05, 0) is 61.3 Å². The molecule has 0 N–H and O–H groups in total. The maximum absolute atomic E-state index is 13.2. The van der Waals surface area contributed by atoms with E-state index in [9.17, 15) is 9.18 Å². The van der Waals surface area contributed by atoms with E-state index in [1.54, 1.807) is 6.07 Å². The molecule has 2 radical (unpaired) electrons. The van der Waals surface area contributed by atoms with Crippen molar-refractivity contribution >= 4 is 19.2 Å². The maximum Gasteiger partial charge on any atom is 0.225 e. The van der Waals surface area contributed by atoms with Gasteiger partial charge >= 0.3 is 0 Å². The molecule has 4 rings (SSSR count). The zero-order valence-corrected chi connectivity index (χ0v) is 17.3. The van der Waals surface area contributed by atoms with Crippen molar-refractivity contribution in [3.05, 3.63) is 59.7 Å². The van der Waals surface area contributed by atoms with Crippen LogP contribution in [-0.2, 0) is 17.9 Å². The fourth-order valence-electron chi connectivity index (χ4n) is 4.42. The molecule has 1 aromatic carbocycles. The van der Waals surface area contributed by atoms with Crippen LogP contribution >= 0.6 is 0 Å². The van der Waals surface area contributed by atoms with Gasteiger partial charge in [-0.1, -0.05) is 11.5 Å². The van der Waals surface area contributed by atoms with Crippen molar-refractivity contribution in [3.8, 4) is 0 Å². The van der Waals surface area contributed by atoms with Gasteiger partial charge in [0.15, 0.2) is 0 Å². The Morgan fingerprint density at radius 2 is 1.63 bits per heavy atom. The molecule has 0 saturated carbocycles. The number of nitrogens with zero attached hydrogens (tertiary/aromatic N) is 4. The summed E-state index contributed by atoms with van der Waals surface area (Å²) >= 11 is 0. The van der Waals surface area contributed by atoms with E-state index in [1.807, 2.05) is 17.3 Å². The van der Waals surface area contributed by atoms with Gasteiger partial charge in [0.2, 0.25) is 5.91 Å². The zero-order chi connectivity index (χ0) is 20.9. The van der Waals surface area contributed by atoms with Crippen LogP contribution in [0.1, 0.15) is 24.0 Å². The molecule has 0 bridgehead atoms. The Bertz CT molecular complexity index is 850. The molecule has 0 unspecified atom stereocenters. The molecule has 3 heterocycles. The van der Waals surface area contributed by atoms with Gasteiger partial charge in [0, 0.05) is 57.6 Å². The predicted molar refractivity (Wildman–Crippen MR) is 116 cm³/mol. The van der Waals surface area contributed by atoms with E-state index >= 15 is 0 Å². The smallest absolute Gasteiger partial charge is 0.225 e. The van der Waals surface area contributed by atoms with Crippen LogP contribution in [0.5, 0.6) is 0 Å². The highest BCUT2D eigenvalue weighted by Crippen LogP contribution is 2.22. The topological polar surface area (TPSA) is 39.7 Å². The van der Waals surface area contributed by atoms with Gasteiger partial charge in [-0.15, -0.1) is 0 Å². The molecule has 156 valence electrons. The number of piperidine rings is 1. The first-order chi connectivity index (χ1) is 14.6. The number of halogens is 1. The lowest BCUT2D eigenvalue weighted by Gasteiger charge is -2.38. The average Bonchev–Trinajstić information content (AvgIpc) is 2.77. The fourth-order valence-corrected chi connectivity index (χ4v) is 4.42. The third-order valence-electron chi connectivity index (χ3n) is 6.28. The van der Waals surface area contributed by atoms with Gasteiger partial charge in [-0.25, -0.2) is 4.39 Å². The van der Waals surface area contributed by atoms with Gasteiger partial charge in [-0.2, -0.15) is 0 Å². The average molecular weight is 406 g/mol. The van der Waals surface area contributed by atoms with Crippen LogP contribution in [-0.4, -0.2) is 72.7 Å². The van der Waals surface area contributed by atoms with E-state index < -0.39 is 0 Å². The number of pyridine rings is 1. The van der Waals surface area contributed by atoms with Crippen LogP contribution in [0.25, 0.3) is 0 Å². The van der Waals surface area contributed by atoms with Crippen LogP contribution in [0.2, 0.25) is 0 Å². The first kappa shape index (κ1) is 21.0. The zero-order valence-electron chi connectivity index (χ0n) is 17.3. The molecular formula is C23H28BFN4O. The highest BCUT2D eigenvalue weighted by Gasteiger charge is 2.30. The number of rotatable bonds is 5. The Balaban J connectivity index is 1.22. The summed E-state index contributed by atoms with van der Waals surface area (Å²) in [6, 6.07) is 8.68. The lowest BCUT2D eigenvalue weighted by atomic mass is 9.90. The number of hydrogen-bond acceptors (Lipinski definition) is 4. The van der Waals surface area contributed by atoms with Crippen LogP contribution < -0.4 is 5.46 Å². The van der Waals surface area contributed by atoms with Crippen molar-refractivity contribution in [2.24, 2.45) is 5.92 Å². The number of likely N-dealkylation sites (tertiary alicyclic amines) is 1. The first-order valence-corrected chi connectivity index (χ1v) is 10.7. The summed E-state index contributed by atoms with van der Waals surface area (Å²) < 4.78 is 13.2. The van der Waals surface area contributed by atoms with Crippen LogP contribution in [0, 0.1) is 11.7 Å². The van der Waals surface area contributed by atoms with Crippen molar-refractivity contribution in [1.29, 1.82) is 0 Å². The SMILES string of the molecule is [B]c1cc(F)ccc1CN1CCN(C(=O)C2CCN(Cc3ccncc3)CC2)CC1. The van der Waals surface area contributed by atoms with Crippen LogP contribution in [0.4, 0.5) is 4.39 Å². The van der Waals surface area contributed by atoms with E-state index in [0.717, 1.165) is 64.2 Å². The van der Waals surface area contributed by atoms with E-state index in [2.05, 4.69) is 26.9 Å². The summed E-state index contributed by atoms with van der Waals surface area (Å²) in [5, 5.41) is 0. The molecule has 0 atom stereocenters. The molecule has 2 fully saturated rings. The third kappa shape index (κ3) is 5.26. The van der Waals surface area contributed by atoms with Gasteiger partial charge < -0.3 is 4.90 Å². The number of hydrogen-bond donors (Lipinski definition) is 0. The van der Waals surface area contributed by atoms with E-state index in [0.29, 0.717) is 17.9 Å². The van der Waals surface area contributed by atoms with Crippen LogP contribution in [0.3, 0.4) is 0 Å². The highest BCUT2D eigenvalue weighted by atomic mass is 19.1. The number of amides is 1. The van der Waals surface area contributed by atoms with Gasteiger partial charge in [-0.3, -0.25) is 19.6 Å². The lowest BCUT2D eigenvalue weighted by Crippen LogP contribution is -2.51. The predicted octanol–water partition coefficient (Wildman–Crippen LogP) is 1.57. The second-order valence-electron chi connectivity index (χ2n) is 8.35. The number of benzene rings is 1. The lowest BCUT2D eigenvalue weighted by molar-refractivity contribution is -0.139. The number of carbonyl (C=O) groups excluding carboxylic acids is 1. The largest absolute Gasteiger partial charge is 0.340 e. The maximum atomic E-state index is 13.2. The molecule has 1 amide bonds. The van der Waals surface area contributed by atoms with Crippen molar-refractivity contribution in [2.75, 3.05) is 39.3 Å². The van der Waals surface area contributed by atoms with E-state index in [1.165, 1.54) is 17.7 Å². The fraction of sp³-hybridized carbons (Fsp3) is 0.478. The Kier molecular flexibility index (Phi) is 6.80. The molecule has 30 heavy (non-hydrogen) atoms. The molecule has 7 heteroatoms. The molecular weight excluding hydrogens is 378 g/mol. The van der Waals surface area contributed by atoms with Crippen molar-refractivity contribution in [1.82, 2.24) is 19.7 Å². The molecule has 2 saturated heterocycles. The molecule has 2 aliphatic rings. The van der Waals surface area contributed by atoms with Gasteiger partial charge in [0.05, 0.1) is 0 Å². The minimum absolute atomic E-state index is 0.137.